The Morgan fingerprint density at radius 3 is 3.06 bits per heavy atom. The van der Waals surface area contributed by atoms with Crippen molar-refractivity contribution < 1.29 is 14.3 Å². The molecule has 0 aromatic rings. The molecule has 0 aromatic heterocycles. The Kier molecular flexibility index (Phi) is 8.46. The highest BCUT2D eigenvalue weighted by molar-refractivity contribution is 7.99. The Morgan fingerprint density at radius 1 is 1.61 bits per heavy atom. The average Bonchev–Trinajstić information content (AvgIpc) is 2.91. The van der Waals surface area contributed by atoms with Crippen LogP contribution in [-0.4, -0.2) is 50.4 Å². The first kappa shape index (κ1) is 15.8. The summed E-state index contributed by atoms with van der Waals surface area (Å²) in [6.45, 7) is 5.00. The van der Waals surface area contributed by atoms with Crippen LogP contribution in [0.4, 0.5) is 0 Å². The van der Waals surface area contributed by atoms with Gasteiger partial charge in [0.2, 0.25) is 0 Å². The number of hydrogen-bond acceptors (Lipinski definition) is 5. The highest BCUT2D eigenvalue weighted by atomic mass is 32.2. The van der Waals surface area contributed by atoms with Gasteiger partial charge in [0.25, 0.3) is 0 Å². The van der Waals surface area contributed by atoms with Crippen molar-refractivity contribution in [3.8, 4) is 0 Å². The second-order valence-corrected chi connectivity index (χ2v) is 5.74. The van der Waals surface area contributed by atoms with E-state index >= 15 is 0 Å². The number of hydrogen-bond donors (Lipinski definition) is 1. The fraction of sp³-hybridized carbons (Fsp3) is 0.923. The molecular weight excluding hydrogens is 250 g/mol. The lowest BCUT2D eigenvalue weighted by molar-refractivity contribution is -0.140. The van der Waals surface area contributed by atoms with Crippen LogP contribution in [0.15, 0.2) is 0 Å². The van der Waals surface area contributed by atoms with Crippen LogP contribution < -0.4 is 5.32 Å². The minimum atomic E-state index is -0.121. The number of methoxy groups -OCH3 is 1. The summed E-state index contributed by atoms with van der Waals surface area (Å²) in [6.07, 6.45) is 2.80. The molecule has 1 aliphatic heterocycles. The first-order chi connectivity index (χ1) is 8.77. The van der Waals surface area contributed by atoms with E-state index in [1.54, 1.807) is 0 Å². The average molecular weight is 275 g/mol. The summed E-state index contributed by atoms with van der Waals surface area (Å²) in [7, 11) is 1.44. The van der Waals surface area contributed by atoms with E-state index in [2.05, 4.69) is 17.0 Å². The van der Waals surface area contributed by atoms with Crippen molar-refractivity contribution in [3.05, 3.63) is 0 Å². The van der Waals surface area contributed by atoms with Crippen molar-refractivity contribution in [2.75, 3.05) is 38.4 Å². The molecule has 1 N–H and O–H groups in total. The smallest absolute Gasteiger partial charge is 0.306 e. The normalized spacial score (nSPS) is 20.9. The molecule has 1 rings (SSSR count). The fourth-order valence-electron chi connectivity index (χ4n) is 2.03. The zero-order valence-corrected chi connectivity index (χ0v) is 12.3. The molecule has 1 aliphatic rings. The van der Waals surface area contributed by atoms with Crippen LogP contribution >= 0.6 is 11.8 Å². The first-order valence-corrected chi connectivity index (χ1v) is 7.89. The van der Waals surface area contributed by atoms with E-state index in [9.17, 15) is 4.79 Å². The van der Waals surface area contributed by atoms with Crippen molar-refractivity contribution >= 4 is 17.7 Å². The standard InChI is InChI=1S/C13H25NO3S/c1-3-6-14-12(11-4-7-17-9-11)10-18-8-5-13(15)16-2/h11-12,14H,3-10H2,1-2H3. The monoisotopic (exact) mass is 275 g/mol. The van der Waals surface area contributed by atoms with Gasteiger partial charge >= 0.3 is 5.97 Å². The van der Waals surface area contributed by atoms with Crippen molar-refractivity contribution in [3.63, 3.8) is 0 Å². The van der Waals surface area contributed by atoms with Gasteiger partial charge in [-0.15, -0.1) is 0 Å². The van der Waals surface area contributed by atoms with E-state index in [0.29, 0.717) is 18.4 Å². The van der Waals surface area contributed by atoms with Crippen LogP contribution in [0.25, 0.3) is 0 Å². The predicted octanol–water partition coefficient (Wildman–Crippen LogP) is 1.69. The summed E-state index contributed by atoms with van der Waals surface area (Å²) in [5.41, 5.74) is 0. The maximum atomic E-state index is 11.0. The van der Waals surface area contributed by atoms with Crippen molar-refractivity contribution in [1.29, 1.82) is 0 Å². The third-order valence-corrected chi connectivity index (χ3v) is 4.25. The number of rotatable bonds is 9. The molecule has 0 aliphatic carbocycles. The minimum Gasteiger partial charge on any atom is -0.469 e. The van der Waals surface area contributed by atoms with E-state index in [1.165, 1.54) is 7.11 Å². The number of carbonyl (C=O) groups is 1. The zero-order chi connectivity index (χ0) is 13.2. The van der Waals surface area contributed by atoms with Gasteiger partial charge in [-0.1, -0.05) is 6.92 Å². The van der Waals surface area contributed by atoms with Gasteiger partial charge in [-0.3, -0.25) is 4.79 Å². The Labute approximate surface area is 114 Å². The first-order valence-electron chi connectivity index (χ1n) is 6.73. The van der Waals surface area contributed by atoms with Crippen LogP contribution in [0.1, 0.15) is 26.2 Å². The SMILES string of the molecule is CCCNC(CSCCC(=O)OC)C1CCOC1. The molecule has 4 nitrogen and oxygen atoms in total. The number of esters is 1. The molecule has 18 heavy (non-hydrogen) atoms. The molecule has 5 heteroatoms. The molecule has 0 spiro atoms. The summed E-state index contributed by atoms with van der Waals surface area (Å²) in [5.74, 6) is 2.39. The Bertz CT molecular complexity index is 232. The van der Waals surface area contributed by atoms with E-state index < -0.39 is 0 Å². The molecule has 0 radical (unpaired) electrons. The van der Waals surface area contributed by atoms with E-state index in [1.807, 2.05) is 11.8 Å². The third-order valence-electron chi connectivity index (χ3n) is 3.17. The summed E-state index contributed by atoms with van der Waals surface area (Å²) in [4.78, 5) is 11.0. The van der Waals surface area contributed by atoms with Crippen LogP contribution in [0.2, 0.25) is 0 Å². The van der Waals surface area contributed by atoms with Gasteiger partial charge in [0, 0.05) is 30.1 Å². The topological polar surface area (TPSA) is 47.6 Å². The molecule has 106 valence electrons. The second-order valence-electron chi connectivity index (χ2n) is 4.59. The number of nitrogens with one attached hydrogen (secondary N) is 1. The molecule has 0 amide bonds. The van der Waals surface area contributed by atoms with E-state index in [-0.39, 0.29) is 5.97 Å². The molecule has 2 unspecified atom stereocenters. The van der Waals surface area contributed by atoms with Crippen molar-refractivity contribution in [2.24, 2.45) is 5.92 Å². The summed E-state index contributed by atoms with van der Waals surface area (Å²) in [5, 5.41) is 3.60. The van der Waals surface area contributed by atoms with Crippen LogP contribution in [-0.2, 0) is 14.3 Å². The molecular formula is C13H25NO3S. The molecule has 1 fully saturated rings. The van der Waals surface area contributed by atoms with Gasteiger partial charge in [-0.05, 0) is 19.4 Å². The van der Waals surface area contributed by atoms with Gasteiger partial charge in [0.15, 0.2) is 0 Å². The predicted molar refractivity (Wildman–Crippen MR) is 75.0 cm³/mol. The number of carbonyl (C=O) groups excluding carboxylic acids is 1. The van der Waals surface area contributed by atoms with E-state index in [0.717, 1.165) is 44.1 Å². The van der Waals surface area contributed by atoms with Gasteiger partial charge in [-0.25, -0.2) is 0 Å². The van der Waals surface area contributed by atoms with Gasteiger partial charge in [0.1, 0.15) is 0 Å². The molecule has 1 saturated heterocycles. The van der Waals surface area contributed by atoms with Gasteiger partial charge in [0.05, 0.1) is 20.1 Å². The Balaban J connectivity index is 2.20. The summed E-state index contributed by atoms with van der Waals surface area (Å²) in [6, 6.07) is 0.509. The fourth-order valence-corrected chi connectivity index (χ4v) is 3.15. The lowest BCUT2D eigenvalue weighted by Gasteiger charge is -2.23. The maximum absolute atomic E-state index is 11.0. The zero-order valence-electron chi connectivity index (χ0n) is 11.4. The molecule has 0 aromatic carbocycles. The molecule has 2 atom stereocenters. The summed E-state index contributed by atoms with van der Waals surface area (Å²) >= 11 is 1.82. The minimum absolute atomic E-state index is 0.121. The van der Waals surface area contributed by atoms with Crippen molar-refractivity contribution in [1.82, 2.24) is 5.32 Å². The molecule has 0 saturated carbocycles. The summed E-state index contributed by atoms with van der Waals surface area (Å²) < 4.78 is 10.1. The van der Waals surface area contributed by atoms with E-state index in [4.69, 9.17) is 4.74 Å². The highest BCUT2D eigenvalue weighted by Crippen LogP contribution is 2.20. The van der Waals surface area contributed by atoms with Gasteiger partial charge < -0.3 is 14.8 Å². The maximum Gasteiger partial charge on any atom is 0.306 e. The number of ether oxygens (including phenoxy) is 2. The second kappa shape index (κ2) is 9.64. The molecule has 1 heterocycles. The molecule has 0 bridgehead atoms. The Hall–Kier alpha value is -0.260. The van der Waals surface area contributed by atoms with Crippen LogP contribution in [0.3, 0.4) is 0 Å². The lowest BCUT2D eigenvalue weighted by atomic mass is 10.0. The quantitative estimate of drug-likeness (QED) is 0.512. The van der Waals surface area contributed by atoms with Crippen LogP contribution in [0.5, 0.6) is 0 Å². The highest BCUT2D eigenvalue weighted by Gasteiger charge is 2.25. The van der Waals surface area contributed by atoms with Crippen LogP contribution in [0, 0.1) is 5.92 Å². The Morgan fingerprint density at radius 2 is 2.44 bits per heavy atom. The number of thioether (sulfide) groups is 1. The van der Waals surface area contributed by atoms with Crippen molar-refractivity contribution in [2.45, 2.75) is 32.2 Å². The van der Waals surface area contributed by atoms with Gasteiger partial charge in [-0.2, -0.15) is 11.8 Å². The largest absolute Gasteiger partial charge is 0.469 e. The lowest BCUT2D eigenvalue weighted by Crippen LogP contribution is -2.39. The third kappa shape index (κ3) is 6.07.